The third-order valence-electron chi connectivity index (χ3n) is 3.70. The molecule has 1 aliphatic rings. The zero-order valence-corrected chi connectivity index (χ0v) is 13.4. The van der Waals surface area contributed by atoms with Crippen molar-refractivity contribution in [1.82, 2.24) is 15.6 Å². The number of carbonyl (C=O) groups is 2. The molecule has 120 valence electrons. The molecule has 6 nitrogen and oxygen atoms in total. The summed E-state index contributed by atoms with van der Waals surface area (Å²) in [6.07, 6.45) is 4.83. The number of anilines is 1. The van der Waals surface area contributed by atoms with Crippen LogP contribution in [0.15, 0.2) is 42.0 Å². The van der Waals surface area contributed by atoms with Crippen molar-refractivity contribution in [3.05, 3.63) is 46.9 Å². The van der Waals surface area contributed by atoms with E-state index in [0.29, 0.717) is 19.5 Å². The lowest BCUT2D eigenvalue weighted by molar-refractivity contribution is -0.121. The SMILES string of the molecule is O=C(NCc1cccs1)N[C@H]1CCCN(c2cccnc2)C1=O. The van der Waals surface area contributed by atoms with E-state index in [1.54, 1.807) is 34.7 Å². The number of carbonyl (C=O) groups excluding carboxylic acids is 2. The van der Waals surface area contributed by atoms with Crippen LogP contribution in [0.2, 0.25) is 0 Å². The Bertz CT molecular complexity index is 660. The van der Waals surface area contributed by atoms with Crippen molar-refractivity contribution < 1.29 is 9.59 Å². The van der Waals surface area contributed by atoms with Gasteiger partial charge in [-0.3, -0.25) is 9.78 Å². The normalized spacial score (nSPS) is 17.8. The summed E-state index contributed by atoms with van der Waals surface area (Å²) in [6.45, 7) is 1.12. The number of rotatable bonds is 4. The zero-order chi connectivity index (χ0) is 16.1. The van der Waals surface area contributed by atoms with Gasteiger partial charge in [0.25, 0.3) is 0 Å². The summed E-state index contributed by atoms with van der Waals surface area (Å²) in [5, 5.41) is 7.52. The molecule has 2 N–H and O–H groups in total. The molecule has 2 aromatic rings. The Morgan fingerprint density at radius 3 is 3.04 bits per heavy atom. The van der Waals surface area contributed by atoms with Gasteiger partial charge in [-0.05, 0) is 36.4 Å². The average molecular weight is 330 g/mol. The lowest BCUT2D eigenvalue weighted by atomic mass is 10.0. The van der Waals surface area contributed by atoms with E-state index in [1.807, 2.05) is 23.6 Å². The van der Waals surface area contributed by atoms with Crippen LogP contribution in [0.1, 0.15) is 17.7 Å². The maximum Gasteiger partial charge on any atom is 0.315 e. The standard InChI is InChI=1S/C16H18N4O2S/c21-15-14(19-16(22)18-11-13-5-3-9-23-13)6-2-8-20(15)12-4-1-7-17-10-12/h1,3-5,7,9-10,14H,2,6,8,11H2,(H2,18,19,22)/t14-/m0/s1. The zero-order valence-electron chi connectivity index (χ0n) is 12.6. The van der Waals surface area contributed by atoms with Gasteiger partial charge in [-0.15, -0.1) is 11.3 Å². The maximum atomic E-state index is 12.6. The van der Waals surface area contributed by atoms with Gasteiger partial charge in [0.2, 0.25) is 5.91 Å². The van der Waals surface area contributed by atoms with Gasteiger partial charge in [0.1, 0.15) is 6.04 Å². The second-order valence-electron chi connectivity index (χ2n) is 5.30. The molecule has 0 radical (unpaired) electrons. The van der Waals surface area contributed by atoms with Gasteiger partial charge in [-0.1, -0.05) is 6.07 Å². The number of pyridine rings is 1. The Morgan fingerprint density at radius 1 is 1.39 bits per heavy atom. The van der Waals surface area contributed by atoms with E-state index in [0.717, 1.165) is 17.0 Å². The van der Waals surface area contributed by atoms with Gasteiger partial charge in [0.15, 0.2) is 0 Å². The van der Waals surface area contributed by atoms with Crippen molar-refractivity contribution in [1.29, 1.82) is 0 Å². The molecule has 0 unspecified atom stereocenters. The Kier molecular flexibility index (Phi) is 4.87. The summed E-state index contributed by atoms with van der Waals surface area (Å²) in [4.78, 5) is 31.3. The lowest BCUT2D eigenvalue weighted by Gasteiger charge is -2.32. The molecular formula is C16H18N4O2S. The summed E-state index contributed by atoms with van der Waals surface area (Å²) in [5.41, 5.74) is 0.767. The Labute approximate surface area is 138 Å². The lowest BCUT2D eigenvalue weighted by Crippen LogP contribution is -2.54. The average Bonchev–Trinajstić information content (AvgIpc) is 3.09. The summed E-state index contributed by atoms with van der Waals surface area (Å²) in [5.74, 6) is -0.0875. The van der Waals surface area contributed by atoms with Gasteiger partial charge in [0, 0.05) is 17.6 Å². The van der Waals surface area contributed by atoms with E-state index in [2.05, 4.69) is 15.6 Å². The summed E-state index contributed by atoms with van der Waals surface area (Å²) >= 11 is 1.58. The van der Waals surface area contributed by atoms with Gasteiger partial charge in [-0.2, -0.15) is 0 Å². The van der Waals surface area contributed by atoms with Gasteiger partial charge < -0.3 is 15.5 Å². The second kappa shape index (κ2) is 7.23. The molecule has 0 aromatic carbocycles. The van der Waals surface area contributed by atoms with Gasteiger partial charge in [-0.25, -0.2) is 4.79 Å². The van der Waals surface area contributed by atoms with Crippen LogP contribution in [0.3, 0.4) is 0 Å². The fourth-order valence-corrected chi connectivity index (χ4v) is 3.21. The molecule has 0 saturated carbocycles. The van der Waals surface area contributed by atoms with E-state index in [9.17, 15) is 9.59 Å². The van der Waals surface area contributed by atoms with Crippen LogP contribution in [0.5, 0.6) is 0 Å². The van der Waals surface area contributed by atoms with Crippen LogP contribution in [-0.4, -0.2) is 29.5 Å². The predicted molar refractivity (Wildman–Crippen MR) is 89.3 cm³/mol. The first-order chi connectivity index (χ1) is 11.2. The van der Waals surface area contributed by atoms with Crippen LogP contribution < -0.4 is 15.5 Å². The fourth-order valence-electron chi connectivity index (χ4n) is 2.57. The molecule has 7 heteroatoms. The number of nitrogens with zero attached hydrogens (tertiary/aromatic N) is 2. The van der Waals surface area contributed by atoms with Crippen LogP contribution in [0, 0.1) is 0 Å². The molecule has 23 heavy (non-hydrogen) atoms. The Hall–Kier alpha value is -2.41. The first-order valence-corrected chi connectivity index (χ1v) is 8.40. The molecule has 2 aromatic heterocycles. The van der Waals surface area contributed by atoms with Gasteiger partial charge in [0.05, 0.1) is 18.4 Å². The molecule has 3 rings (SSSR count). The van der Waals surface area contributed by atoms with Crippen LogP contribution in [-0.2, 0) is 11.3 Å². The molecule has 1 saturated heterocycles. The van der Waals surface area contributed by atoms with Crippen molar-refractivity contribution in [2.24, 2.45) is 0 Å². The minimum atomic E-state index is -0.493. The van der Waals surface area contributed by atoms with Crippen molar-refractivity contribution in [2.75, 3.05) is 11.4 Å². The minimum absolute atomic E-state index is 0.0875. The monoisotopic (exact) mass is 330 g/mol. The number of hydrogen-bond acceptors (Lipinski definition) is 4. The summed E-state index contributed by atoms with van der Waals surface area (Å²) < 4.78 is 0. The molecule has 1 fully saturated rings. The van der Waals surface area contributed by atoms with Crippen molar-refractivity contribution in [3.63, 3.8) is 0 Å². The molecule has 0 aliphatic carbocycles. The molecule has 0 spiro atoms. The van der Waals surface area contributed by atoms with Crippen LogP contribution in [0.4, 0.5) is 10.5 Å². The number of thiophene rings is 1. The topological polar surface area (TPSA) is 74.3 Å². The number of piperidine rings is 1. The maximum absolute atomic E-state index is 12.6. The van der Waals surface area contributed by atoms with E-state index in [-0.39, 0.29) is 11.9 Å². The highest BCUT2D eigenvalue weighted by Crippen LogP contribution is 2.19. The van der Waals surface area contributed by atoms with Gasteiger partial charge >= 0.3 is 6.03 Å². The first-order valence-electron chi connectivity index (χ1n) is 7.52. The van der Waals surface area contributed by atoms with E-state index in [1.165, 1.54) is 0 Å². The Balaban J connectivity index is 1.57. The minimum Gasteiger partial charge on any atom is -0.333 e. The van der Waals surface area contributed by atoms with E-state index in [4.69, 9.17) is 0 Å². The first kappa shape index (κ1) is 15.5. The molecule has 3 amide bonds. The van der Waals surface area contributed by atoms with E-state index >= 15 is 0 Å². The summed E-state index contributed by atoms with van der Waals surface area (Å²) in [6, 6.07) is 6.74. The van der Waals surface area contributed by atoms with Crippen molar-refractivity contribution >= 4 is 29.0 Å². The highest BCUT2D eigenvalue weighted by molar-refractivity contribution is 7.09. The molecule has 3 heterocycles. The fraction of sp³-hybridized carbons (Fsp3) is 0.312. The number of urea groups is 1. The molecule has 0 bridgehead atoms. The molecule has 1 atom stereocenters. The largest absolute Gasteiger partial charge is 0.333 e. The third kappa shape index (κ3) is 3.87. The summed E-state index contributed by atoms with van der Waals surface area (Å²) in [7, 11) is 0. The Morgan fingerprint density at radius 2 is 2.30 bits per heavy atom. The van der Waals surface area contributed by atoms with Crippen molar-refractivity contribution in [2.45, 2.75) is 25.4 Å². The quantitative estimate of drug-likeness (QED) is 0.902. The predicted octanol–water partition coefficient (Wildman–Crippen LogP) is 2.14. The smallest absolute Gasteiger partial charge is 0.315 e. The van der Waals surface area contributed by atoms with Crippen LogP contribution in [0.25, 0.3) is 0 Å². The van der Waals surface area contributed by atoms with Crippen molar-refractivity contribution in [3.8, 4) is 0 Å². The van der Waals surface area contributed by atoms with E-state index < -0.39 is 6.04 Å². The number of hydrogen-bond donors (Lipinski definition) is 2. The highest BCUT2D eigenvalue weighted by Gasteiger charge is 2.30. The number of nitrogens with one attached hydrogen (secondary N) is 2. The molecule has 1 aliphatic heterocycles. The van der Waals surface area contributed by atoms with Crippen LogP contribution >= 0.6 is 11.3 Å². The highest BCUT2D eigenvalue weighted by atomic mass is 32.1. The second-order valence-corrected chi connectivity index (χ2v) is 6.33. The number of aromatic nitrogens is 1. The third-order valence-corrected chi connectivity index (χ3v) is 4.58. The number of amides is 3. The molecular weight excluding hydrogens is 312 g/mol.